The minimum atomic E-state index is -2.12. The van der Waals surface area contributed by atoms with Gasteiger partial charge in [0.25, 0.3) is 0 Å². The molecule has 0 radical (unpaired) electrons. The van der Waals surface area contributed by atoms with Crippen molar-refractivity contribution < 1.29 is 13.9 Å². The van der Waals surface area contributed by atoms with Crippen LogP contribution in [-0.2, 0) is 15.2 Å². The van der Waals surface area contributed by atoms with Crippen LogP contribution in [0.15, 0.2) is 27.6 Å². The van der Waals surface area contributed by atoms with Crippen molar-refractivity contribution in [2.45, 2.75) is 31.3 Å². The molecule has 0 heterocycles. The number of thioether (sulfide) groups is 1. The van der Waals surface area contributed by atoms with Gasteiger partial charge in [-0.15, -0.1) is 11.8 Å². The molecule has 1 rings (SSSR count). The van der Waals surface area contributed by atoms with Gasteiger partial charge in [-0.05, 0) is 47.7 Å². The highest BCUT2D eigenvalue weighted by Crippen LogP contribution is 2.34. The molecule has 5 heteroatoms. The van der Waals surface area contributed by atoms with Gasteiger partial charge >= 0.3 is 5.97 Å². The Balaban J connectivity index is 3.03. The molecule has 0 fully saturated rings. The van der Waals surface area contributed by atoms with E-state index in [1.165, 1.54) is 6.92 Å². The topological polar surface area (TPSA) is 26.3 Å². The van der Waals surface area contributed by atoms with E-state index in [1.807, 2.05) is 13.0 Å². The van der Waals surface area contributed by atoms with Gasteiger partial charge in [-0.25, -0.2) is 9.18 Å². The fraction of sp³-hybridized carbons (Fsp3) is 0.462. The highest BCUT2D eigenvalue weighted by molar-refractivity contribution is 9.10. The quantitative estimate of drug-likeness (QED) is 0.592. The average Bonchev–Trinajstić information content (AvgIpc) is 2.32. The number of carbonyl (C=O) groups is 1. The molecule has 1 aromatic carbocycles. The van der Waals surface area contributed by atoms with Gasteiger partial charge in [-0.3, -0.25) is 0 Å². The fourth-order valence-corrected chi connectivity index (χ4v) is 2.84. The first-order valence-corrected chi connectivity index (χ1v) is 7.50. The summed E-state index contributed by atoms with van der Waals surface area (Å²) in [7, 11) is 0. The van der Waals surface area contributed by atoms with E-state index in [1.54, 1.807) is 30.8 Å². The Morgan fingerprint density at radius 3 is 2.67 bits per heavy atom. The summed E-state index contributed by atoms with van der Waals surface area (Å²) in [5.41, 5.74) is -1.82. The predicted octanol–water partition coefficient (Wildman–Crippen LogP) is 4.31. The molecule has 2 nitrogen and oxygen atoms in total. The number of rotatable bonds is 5. The number of alkyl halides is 1. The van der Waals surface area contributed by atoms with E-state index < -0.39 is 11.6 Å². The van der Waals surface area contributed by atoms with Gasteiger partial charge in [0, 0.05) is 14.9 Å². The molecule has 100 valence electrons. The maximum absolute atomic E-state index is 14.4. The Morgan fingerprint density at radius 2 is 2.17 bits per heavy atom. The Labute approximate surface area is 119 Å². The Kier molecular flexibility index (Phi) is 5.66. The number of ether oxygens (including phenoxy) is 1. The fourth-order valence-electron chi connectivity index (χ4n) is 1.45. The van der Waals surface area contributed by atoms with E-state index in [2.05, 4.69) is 15.9 Å². The number of carbonyl (C=O) groups excluding carboxylic acids is 1. The van der Waals surface area contributed by atoms with Crippen molar-refractivity contribution in [2.24, 2.45) is 0 Å². The minimum absolute atomic E-state index is 0.170. The standard InChI is InChI=1S/C13H16BrFO2S/c1-4-17-12(16)13(3,15)9-6-7-11(18-5-2)10(14)8-9/h6-8H,4-5H2,1-3H3. The zero-order chi connectivity index (χ0) is 13.8. The summed E-state index contributed by atoms with van der Waals surface area (Å²) in [6, 6.07) is 5.07. The van der Waals surface area contributed by atoms with Gasteiger partial charge in [0.2, 0.25) is 5.67 Å². The van der Waals surface area contributed by atoms with Crippen LogP contribution in [0.2, 0.25) is 0 Å². The van der Waals surface area contributed by atoms with Crippen LogP contribution in [0, 0.1) is 0 Å². The smallest absolute Gasteiger partial charge is 0.348 e. The van der Waals surface area contributed by atoms with Gasteiger partial charge in [0.15, 0.2) is 0 Å². The molecule has 1 aromatic rings. The second-order valence-corrected chi connectivity index (χ2v) is 5.96. The average molecular weight is 335 g/mol. The summed E-state index contributed by atoms with van der Waals surface area (Å²) in [5.74, 6) is 0.0794. The normalized spacial score (nSPS) is 14.1. The number of hydrogen-bond donors (Lipinski definition) is 0. The van der Waals surface area contributed by atoms with Gasteiger partial charge < -0.3 is 4.74 Å². The maximum atomic E-state index is 14.4. The SMILES string of the molecule is CCOC(=O)C(C)(F)c1ccc(SCC)c(Br)c1. The molecule has 0 saturated carbocycles. The lowest BCUT2D eigenvalue weighted by molar-refractivity contribution is -0.156. The van der Waals surface area contributed by atoms with E-state index in [0.717, 1.165) is 15.1 Å². The minimum Gasteiger partial charge on any atom is -0.463 e. The Bertz CT molecular complexity index is 435. The summed E-state index contributed by atoms with van der Waals surface area (Å²) in [6.07, 6.45) is 0. The van der Waals surface area contributed by atoms with Crippen molar-refractivity contribution in [2.75, 3.05) is 12.4 Å². The van der Waals surface area contributed by atoms with Crippen molar-refractivity contribution in [3.05, 3.63) is 28.2 Å². The Morgan fingerprint density at radius 1 is 1.50 bits per heavy atom. The molecule has 0 N–H and O–H groups in total. The molecule has 18 heavy (non-hydrogen) atoms. The van der Waals surface area contributed by atoms with Crippen LogP contribution in [0.1, 0.15) is 26.3 Å². The maximum Gasteiger partial charge on any atom is 0.348 e. The van der Waals surface area contributed by atoms with Crippen LogP contribution in [0.25, 0.3) is 0 Å². The molecule has 0 aliphatic rings. The lowest BCUT2D eigenvalue weighted by atomic mass is 9.98. The lowest BCUT2D eigenvalue weighted by Gasteiger charge is -2.19. The van der Waals surface area contributed by atoms with E-state index >= 15 is 0 Å². The van der Waals surface area contributed by atoms with E-state index in [0.29, 0.717) is 5.56 Å². The van der Waals surface area contributed by atoms with E-state index in [-0.39, 0.29) is 6.61 Å². The highest BCUT2D eigenvalue weighted by atomic mass is 79.9. The number of benzene rings is 1. The molecule has 0 aliphatic heterocycles. The van der Waals surface area contributed by atoms with Crippen LogP contribution in [0.3, 0.4) is 0 Å². The van der Waals surface area contributed by atoms with Crippen molar-refractivity contribution >= 4 is 33.7 Å². The second kappa shape index (κ2) is 6.57. The van der Waals surface area contributed by atoms with E-state index in [9.17, 15) is 9.18 Å². The molecule has 0 amide bonds. The third kappa shape index (κ3) is 3.48. The van der Waals surface area contributed by atoms with Crippen molar-refractivity contribution in [3.63, 3.8) is 0 Å². The summed E-state index contributed by atoms with van der Waals surface area (Å²) in [5, 5.41) is 0. The Hall–Kier alpha value is -0.550. The third-order valence-corrected chi connectivity index (χ3v) is 4.31. The highest BCUT2D eigenvalue weighted by Gasteiger charge is 2.37. The van der Waals surface area contributed by atoms with Crippen molar-refractivity contribution in [1.29, 1.82) is 0 Å². The summed E-state index contributed by atoms with van der Waals surface area (Å²) >= 11 is 5.04. The second-order valence-electron chi connectivity index (χ2n) is 3.80. The molecule has 0 aliphatic carbocycles. The zero-order valence-corrected chi connectivity index (χ0v) is 13.0. The van der Waals surface area contributed by atoms with Crippen LogP contribution in [0.5, 0.6) is 0 Å². The van der Waals surface area contributed by atoms with Gasteiger partial charge in [0.05, 0.1) is 6.61 Å². The van der Waals surface area contributed by atoms with E-state index in [4.69, 9.17) is 4.74 Å². The van der Waals surface area contributed by atoms with Crippen LogP contribution in [0.4, 0.5) is 4.39 Å². The zero-order valence-electron chi connectivity index (χ0n) is 10.6. The monoisotopic (exact) mass is 334 g/mol. The molecule has 0 saturated heterocycles. The molecular weight excluding hydrogens is 319 g/mol. The van der Waals surface area contributed by atoms with Gasteiger partial charge in [-0.2, -0.15) is 0 Å². The number of halogens is 2. The van der Waals surface area contributed by atoms with Crippen molar-refractivity contribution in [1.82, 2.24) is 0 Å². The first-order chi connectivity index (χ1) is 8.43. The first-order valence-electron chi connectivity index (χ1n) is 5.72. The molecule has 0 aromatic heterocycles. The number of esters is 1. The number of hydrogen-bond acceptors (Lipinski definition) is 3. The van der Waals surface area contributed by atoms with Gasteiger partial charge in [-0.1, -0.05) is 13.0 Å². The first kappa shape index (κ1) is 15.5. The van der Waals surface area contributed by atoms with Crippen LogP contribution < -0.4 is 0 Å². The predicted molar refractivity (Wildman–Crippen MR) is 75.6 cm³/mol. The van der Waals surface area contributed by atoms with Gasteiger partial charge in [0.1, 0.15) is 0 Å². The summed E-state index contributed by atoms with van der Waals surface area (Å²) in [6.45, 7) is 5.09. The van der Waals surface area contributed by atoms with Crippen LogP contribution >= 0.6 is 27.7 Å². The molecule has 0 spiro atoms. The molecule has 1 unspecified atom stereocenters. The molecule has 0 bridgehead atoms. The lowest BCUT2D eigenvalue weighted by Crippen LogP contribution is -2.29. The third-order valence-electron chi connectivity index (χ3n) is 2.43. The molecular formula is C13H16BrFO2S. The summed E-state index contributed by atoms with van der Waals surface area (Å²) < 4.78 is 19.9. The summed E-state index contributed by atoms with van der Waals surface area (Å²) in [4.78, 5) is 12.6. The largest absolute Gasteiger partial charge is 0.463 e. The van der Waals surface area contributed by atoms with Crippen LogP contribution in [-0.4, -0.2) is 18.3 Å². The molecule has 1 atom stereocenters. The van der Waals surface area contributed by atoms with Crippen molar-refractivity contribution in [3.8, 4) is 0 Å².